The van der Waals surface area contributed by atoms with Crippen LogP contribution in [0.4, 0.5) is 18.0 Å². The molecule has 3 heterocycles. The van der Waals surface area contributed by atoms with Crippen LogP contribution in [0.15, 0.2) is 18.3 Å². The predicted molar refractivity (Wildman–Crippen MR) is 96.5 cm³/mol. The largest absolute Gasteiger partial charge is 0.468 e. The molecule has 1 aromatic heterocycles. The molecule has 1 aromatic rings. The maximum atomic E-state index is 12.6. The highest BCUT2D eigenvalue weighted by atomic mass is 19.4. The SMILES string of the molecule is CC1(C)COC(=O)N(C2CCN(C(=O)c3ccc(OCC(F)(F)F)nc3)CC2)C1. The maximum absolute atomic E-state index is 12.6. The molecule has 0 spiro atoms. The van der Waals surface area contributed by atoms with Gasteiger partial charge in [-0.25, -0.2) is 9.78 Å². The highest BCUT2D eigenvalue weighted by Gasteiger charge is 2.38. The standard InChI is InChI=1S/C19H24F3N3O4/c1-18(2)10-25(17(27)29-11-18)14-5-7-24(8-6-14)16(26)13-3-4-15(23-9-13)28-12-19(20,21)22/h3-4,9,14H,5-8,10-12H2,1-2H3. The molecule has 160 valence electrons. The Morgan fingerprint density at radius 1 is 1.31 bits per heavy atom. The second-order valence-corrected chi connectivity index (χ2v) is 8.16. The van der Waals surface area contributed by atoms with Gasteiger partial charge in [0.2, 0.25) is 5.88 Å². The molecule has 29 heavy (non-hydrogen) atoms. The van der Waals surface area contributed by atoms with Gasteiger partial charge in [0.05, 0.1) is 12.2 Å². The normalized spacial score (nSPS) is 20.4. The molecule has 0 saturated carbocycles. The van der Waals surface area contributed by atoms with Crippen LogP contribution in [0.2, 0.25) is 0 Å². The highest BCUT2D eigenvalue weighted by molar-refractivity contribution is 5.94. The second-order valence-electron chi connectivity index (χ2n) is 8.16. The number of amides is 2. The Balaban J connectivity index is 1.54. The van der Waals surface area contributed by atoms with Crippen molar-refractivity contribution in [1.29, 1.82) is 0 Å². The summed E-state index contributed by atoms with van der Waals surface area (Å²) in [5.41, 5.74) is 0.170. The smallest absolute Gasteiger partial charge is 0.422 e. The fourth-order valence-corrected chi connectivity index (χ4v) is 3.50. The third-order valence-corrected chi connectivity index (χ3v) is 4.98. The zero-order valence-corrected chi connectivity index (χ0v) is 16.4. The Morgan fingerprint density at radius 3 is 2.59 bits per heavy atom. The molecule has 0 unspecified atom stereocenters. The number of halogens is 3. The molecule has 2 aliphatic rings. The summed E-state index contributed by atoms with van der Waals surface area (Å²) in [6, 6.07) is 2.66. The highest BCUT2D eigenvalue weighted by Crippen LogP contribution is 2.28. The molecule has 3 rings (SSSR count). The number of likely N-dealkylation sites (tertiary alicyclic amines) is 1. The van der Waals surface area contributed by atoms with E-state index in [4.69, 9.17) is 4.74 Å². The molecule has 2 aliphatic heterocycles. The van der Waals surface area contributed by atoms with Crippen LogP contribution in [0.25, 0.3) is 0 Å². The molecule has 0 radical (unpaired) electrons. The molecular weight excluding hydrogens is 391 g/mol. The molecule has 0 atom stereocenters. The van der Waals surface area contributed by atoms with Crippen molar-refractivity contribution in [3.05, 3.63) is 23.9 Å². The summed E-state index contributed by atoms with van der Waals surface area (Å²) >= 11 is 0. The van der Waals surface area contributed by atoms with Crippen molar-refractivity contribution in [2.75, 3.05) is 32.8 Å². The van der Waals surface area contributed by atoms with Crippen molar-refractivity contribution in [2.24, 2.45) is 5.41 Å². The monoisotopic (exact) mass is 415 g/mol. The van der Waals surface area contributed by atoms with Gasteiger partial charge in [-0.3, -0.25) is 4.79 Å². The van der Waals surface area contributed by atoms with Crippen molar-refractivity contribution in [3.8, 4) is 5.88 Å². The summed E-state index contributed by atoms with van der Waals surface area (Å²) in [4.78, 5) is 31.9. The molecule has 0 aliphatic carbocycles. The summed E-state index contributed by atoms with van der Waals surface area (Å²) < 4.78 is 46.4. The van der Waals surface area contributed by atoms with E-state index in [1.807, 2.05) is 13.8 Å². The topological polar surface area (TPSA) is 72.0 Å². The number of aromatic nitrogens is 1. The Kier molecular flexibility index (Phi) is 5.90. The van der Waals surface area contributed by atoms with Gasteiger partial charge in [-0.1, -0.05) is 13.8 Å². The first-order valence-electron chi connectivity index (χ1n) is 9.42. The molecule has 7 nitrogen and oxygen atoms in total. The van der Waals surface area contributed by atoms with Crippen molar-refractivity contribution in [1.82, 2.24) is 14.8 Å². The van der Waals surface area contributed by atoms with Gasteiger partial charge in [-0.05, 0) is 18.9 Å². The first-order valence-corrected chi connectivity index (χ1v) is 9.42. The molecule has 0 bridgehead atoms. The van der Waals surface area contributed by atoms with Crippen LogP contribution in [-0.4, -0.2) is 71.9 Å². The lowest BCUT2D eigenvalue weighted by atomic mass is 9.91. The molecule has 10 heteroatoms. The molecule has 2 amide bonds. The third-order valence-electron chi connectivity index (χ3n) is 4.98. The van der Waals surface area contributed by atoms with Gasteiger partial charge in [0.15, 0.2) is 6.61 Å². The number of nitrogens with zero attached hydrogens (tertiary/aromatic N) is 3. The van der Waals surface area contributed by atoms with Crippen molar-refractivity contribution >= 4 is 12.0 Å². The predicted octanol–water partition coefficient (Wildman–Crippen LogP) is 3.11. The van der Waals surface area contributed by atoms with E-state index in [9.17, 15) is 22.8 Å². The average molecular weight is 415 g/mol. The average Bonchev–Trinajstić information content (AvgIpc) is 2.68. The number of piperidine rings is 1. The number of pyridine rings is 1. The lowest BCUT2D eigenvalue weighted by molar-refractivity contribution is -0.154. The van der Waals surface area contributed by atoms with Crippen LogP contribution >= 0.6 is 0 Å². The third kappa shape index (κ3) is 5.51. The number of alkyl halides is 3. The molecule has 2 saturated heterocycles. The zero-order chi connectivity index (χ0) is 21.2. The summed E-state index contributed by atoms with van der Waals surface area (Å²) in [5, 5.41) is 0. The van der Waals surface area contributed by atoms with E-state index >= 15 is 0 Å². The fraction of sp³-hybridized carbons (Fsp3) is 0.632. The van der Waals surface area contributed by atoms with Crippen LogP contribution in [0.3, 0.4) is 0 Å². The van der Waals surface area contributed by atoms with E-state index < -0.39 is 12.8 Å². The number of cyclic esters (lactones) is 1. The van der Waals surface area contributed by atoms with Crippen LogP contribution in [0, 0.1) is 5.41 Å². The minimum atomic E-state index is -4.45. The van der Waals surface area contributed by atoms with Crippen LogP contribution in [0.1, 0.15) is 37.0 Å². The van der Waals surface area contributed by atoms with Gasteiger partial charge < -0.3 is 19.3 Å². The van der Waals surface area contributed by atoms with Gasteiger partial charge in [-0.15, -0.1) is 0 Å². The summed E-state index contributed by atoms with van der Waals surface area (Å²) in [6.07, 6.45) is -2.28. The number of rotatable bonds is 4. The van der Waals surface area contributed by atoms with Crippen LogP contribution in [-0.2, 0) is 4.74 Å². The molecule has 0 N–H and O–H groups in total. The number of carbonyl (C=O) groups is 2. The minimum absolute atomic E-state index is 0.0161. The van der Waals surface area contributed by atoms with E-state index in [1.165, 1.54) is 18.3 Å². The minimum Gasteiger partial charge on any atom is -0.468 e. The van der Waals surface area contributed by atoms with E-state index in [-0.39, 0.29) is 34.9 Å². The molecule has 0 aromatic carbocycles. The number of hydrogen-bond acceptors (Lipinski definition) is 5. The Morgan fingerprint density at radius 2 is 2.00 bits per heavy atom. The van der Waals surface area contributed by atoms with E-state index in [1.54, 1.807) is 9.80 Å². The van der Waals surface area contributed by atoms with Gasteiger partial charge >= 0.3 is 12.3 Å². The zero-order valence-electron chi connectivity index (χ0n) is 16.4. The second kappa shape index (κ2) is 8.08. The van der Waals surface area contributed by atoms with Crippen LogP contribution < -0.4 is 4.74 Å². The Labute approximate surface area is 166 Å². The van der Waals surface area contributed by atoms with E-state index in [0.717, 1.165) is 0 Å². The van der Waals surface area contributed by atoms with Crippen molar-refractivity contribution < 1.29 is 32.2 Å². The first kappa shape index (κ1) is 21.2. The van der Waals surface area contributed by atoms with E-state index in [2.05, 4.69) is 9.72 Å². The van der Waals surface area contributed by atoms with Crippen molar-refractivity contribution in [2.45, 2.75) is 38.9 Å². The number of ether oxygens (including phenoxy) is 2. The lowest BCUT2D eigenvalue weighted by Crippen LogP contribution is -2.55. The molecular formula is C19H24F3N3O4. The number of carbonyl (C=O) groups excluding carboxylic acids is 2. The van der Waals surface area contributed by atoms with Gasteiger partial charge in [0.25, 0.3) is 5.91 Å². The Hall–Kier alpha value is -2.52. The van der Waals surface area contributed by atoms with E-state index in [0.29, 0.717) is 39.1 Å². The number of hydrogen-bond donors (Lipinski definition) is 0. The van der Waals surface area contributed by atoms with Gasteiger partial charge in [0, 0.05) is 43.4 Å². The van der Waals surface area contributed by atoms with Gasteiger partial charge in [-0.2, -0.15) is 13.2 Å². The Bertz CT molecular complexity index is 744. The summed E-state index contributed by atoms with van der Waals surface area (Å²) in [6.45, 7) is 4.61. The fourth-order valence-electron chi connectivity index (χ4n) is 3.50. The van der Waals surface area contributed by atoms with Crippen molar-refractivity contribution in [3.63, 3.8) is 0 Å². The van der Waals surface area contributed by atoms with Gasteiger partial charge in [0.1, 0.15) is 0 Å². The maximum Gasteiger partial charge on any atom is 0.422 e. The first-order chi connectivity index (χ1) is 13.5. The quantitative estimate of drug-likeness (QED) is 0.756. The molecule has 2 fully saturated rings. The van der Waals surface area contributed by atoms with Crippen LogP contribution in [0.5, 0.6) is 5.88 Å². The summed E-state index contributed by atoms with van der Waals surface area (Å²) in [7, 11) is 0. The summed E-state index contributed by atoms with van der Waals surface area (Å²) in [5.74, 6) is -0.441. The lowest BCUT2D eigenvalue weighted by Gasteiger charge is -2.44.